The molecule has 2 fully saturated rings. The molecule has 0 N–H and O–H groups in total. The molecule has 2 saturated heterocycles. The van der Waals surface area contributed by atoms with Crippen molar-refractivity contribution in [3.8, 4) is 0 Å². The molecule has 0 bridgehead atoms. The summed E-state index contributed by atoms with van der Waals surface area (Å²) in [5, 5.41) is 0. The highest BCUT2D eigenvalue weighted by molar-refractivity contribution is 9.10. The molecule has 14 heteroatoms. The van der Waals surface area contributed by atoms with Gasteiger partial charge in [0.1, 0.15) is 11.9 Å². The third kappa shape index (κ3) is 5.16. The molecule has 0 unspecified atom stereocenters. The molecule has 2 aliphatic rings. The molecule has 0 aliphatic carbocycles. The average molecular weight is 574 g/mol. The number of ether oxygens (including phenoxy) is 1. The predicted molar refractivity (Wildman–Crippen MR) is 110 cm³/mol. The number of rotatable bonds is 4. The third-order valence-corrected chi connectivity index (χ3v) is 6.47. The maximum atomic E-state index is 13.2. The molecule has 0 spiro atoms. The van der Waals surface area contributed by atoms with E-state index in [1.165, 1.54) is 24.1 Å². The molecule has 1 amide bonds. The van der Waals surface area contributed by atoms with Gasteiger partial charge in [-0.05, 0) is 58.2 Å². The fraction of sp³-hybridized carbons (Fsp3) is 0.429. The molecule has 2 aromatic rings. The molecule has 3 heterocycles. The fourth-order valence-electron chi connectivity index (χ4n) is 3.92. The Labute approximate surface area is 201 Å². The van der Waals surface area contributed by atoms with Crippen molar-refractivity contribution in [3.63, 3.8) is 0 Å². The normalized spacial score (nSPS) is 22.3. The first-order valence-electron chi connectivity index (χ1n) is 10.1. The lowest BCUT2D eigenvalue weighted by molar-refractivity contribution is -0.143. The highest BCUT2D eigenvalue weighted by Gasteiger charge is 2.45. The number of cyclic esters (lactones) is 1. The molecule has 4 rings (SSSR count). The molecular weight excluding hydrogens is 558 g/mol. The van der Waals surface area contributed by atoms with Gasteiger partial charge >= 0.3 is 18.4 Å². The van der Waals surface area contributed by atoms with E-state index < -0.39 is 66.3 Å². The van der Waals surface area contributed by atoms with Gasteiger partial charge in [-0.15, -0.1) is 0 Å². The van der Waals surface area contributed by atoms with Crippen molar-refractivity contribution in [2.45, 2.75) is 43.9 Å². The maximum Gasteiger partial charge on any atom is 0.416 e. The van der Waals surface area contributed by atoms with Gasteiger partial charge in [-0.2, -0.15) is 26.3 Å². The lowest BCUT2D eigenvalue weighted by Crippen LogP contribution is -2.56. The summed E-state index contributed by atoms with van der Waals surface area (Å²) in [6.07, 6.45) is -11.1. The van der Waals surface area contributed by atoms with Gasteiger partial charge in [0.25, 0.3) is 5.92 Å². The topological polar surface area (TPSA) is 45.7 Å². The van der Waals surface area contributed by atoms with Crippen LogP contribution in [0.25, 0.3) is 0 Å². The summed E-state index contributed by atoms with van der Waals surface area (Å²) in [5.41, 5.74) is -3.05. The number of alkyl halides is 8. The highest BCUT2D eigenvalue weighted by atomic mass is 79.9. The van der Waals surface area contributed by atoms with E-state index in [0.29, 0.717) is 22.2 Å². The fourth-order valence-corrected chi connectivity index (χ4v) is 4.26. The third-order valence-electron chi connectivity index (χ3n) is 5.76. The SMILES string of the molecule is C[C@H]1[C@@H](c2cc(C(F)(F)F)cc(C(F)(F)F)c2)OC(=O)N1Cc1cc(N2CC(F)(F)C2)ncc1Br. The van der Waals surface area contributed by atoms with Gasteiger partial charge in [0.15, 0.2) is 0 Å². The van der Waals surface area contributed by atoms with E-state index >= 15 is 0 Å². The van der Waals surface area contributed by atoms with Crippen LogP contribution in [0.2, 0.25) is 0 Å². The van der Waals surface area contributed by atoms with Crippen molar-refractivity contribution in [2.24, 2.45) is 0 Å². The Morgan fingerprint density at radius 1 is 1.06 bits per heavy atom. The molecule has 190 valence electrons. The second-order valence-electron chi connectivity index (χ2n) is 8.36. The Bertz CT molecular complexity index is 1110. The van der Waals surface area contributed by atoms with Crippen LogP contribution in [0.1, 0.15) is 35.3 Å². The van der Waals surface area contributed by atoms with Crippen LogP contribution >= 0.6 is 15.9 Å². The monoisotopic (exact) mass is 573 g/mol. The molecule has 1 aromatic heterocycles. The van der Waals surface area contributed by atoms with Crippen LogP contribution in [0.4, 0.5) is 45.7 Å². The number of hydrogen-bond acceptors (Lipinski definition) is 4. The first-order chi connectivity index (χ1) is 16.0. The second-order valence-corrected chi connectivity index (χ2v) is 9.21. The summed E-state index contributed by atoms with van der Waals surface area (Å²) in [6.45, 7) is 0.224. The molecule has 0 saturated carbocycles. The standard InChI is InChI=1S/C21H16BrF8N3O2/c1-10-17(11-2-13(20(25,26)27)5-14(3-11)21(28,29)30)35-18(34)33(10)7-12-4-16(31-6-15(12)22)32-8-19(23,24)9-32/h2-6,10,17H,7-9H2,1H3/t10-,17-/m0/s1. The van der Waals surface area contributed by atoms with Crippen molar-refractivity contribution in [3.05, 3.63) is 57.2 Å². The number of amides is 1. The van der Waals surface area contributed by atoms with Gasteiger partial charge in [0.2, 0.25) is 0 Å². The highest BCUT2D eigenvalue weighted by Crippen LogP contribution is 2.41. The van der Waals surface area contributed by atoms with E-state index in [9.17, 15) is 39.9 Å². The number of carbonyl (C=O) groups is 1. The number of carbonyl (C=O) groups excluding carboxylic acids is 1. The van der Waals surface area contributed by atoms with Crippen LogP contribution in [0.3, 0.4) is 0 Å². The first-order valence-corrected chi connectivity index (χ1v) is 10.9. The summed E-state index contributed by atoms with van der Waals surface area (Å²) in [6, 6.07) is 1.58. The zero-order valence-corrected chi connectivity index (χ0v) is 19.3. The van der Waals surface area contributed by atoms with Crippen LogP contribution in [0, 0.1) is 0 Å². The minimum atomic E-state index is -5.05. The number of benzene rings is 1. The zero-order valence-electron chi connectivity index (χ0n) is 17.7. The molecule has 35 heavy (non-hydrogen) atoms. The molecule has 1 aromatic carbocycles. The molecule has 2 aliphatic heterocycles. The smallest absolute Gasteiger partial charge is 0.416 e. The van der Waals surface area contributed by atoms with E-state index in [2.05, 4.69) is 20.9 Å². The summed E-state index contributed by atoms with van der Waals surface area (Å²) in [7, 11) is 0. The average Bonchev–Trinajstić information content (AvgIpc) is 3.00. The van der Waals surface area contributed by atoms with Crippen LogP contribution < -0.4 is 4.90 Å². The second kappa shape index (κ2) is 8.49. The molecule has 2 atom stereocenters. The summed E-state index contributed by atoms with van der Waals surface area (Å²) in [5.74, 6) is -2.60. The Morgan fingerprint density at radius 3 is 2.14 bits per heavy atom. The Kier molecular flexibility index (Phi) is 6.17. The van der Waals surface area contributed by atoms with E-state index in [1.807, 2.05) is 0 Å². The summed E-state index contributed by atoms with van der Waals surface area (Å²) in [4.78, 5) is 19.1. The van der Waals surface area contributed by atoms with E-state index in [1.54, 1.807) is 0 Å². The van der Waals surface area contributed by atoms with E-state index in [0.717, 1.165) is 4.90 Å². The van der Waals surface area contributed by atoms with Gasteiger partial charge in [-0.25, -0.2) is 18.6 Å². The van der Waals surface area contributed by atoms with Crippen LogP contribution in [0.15, 0.2) is 34.9 Å². The Hall–Kier alpha value is -2.64. The molecular formula is C21H16BrF8N3O2. The lowest BCUT2D eigenvalue weighted by Gasteiger charge is -2.39. The maximum absolute atomic E-state index is 13.2. The quantitative estimate of drug-likeness (QED) is 0.396. The van der Waals surface area contributed by atoms with Gasteiger partial charge < -0.3 is 9.64 Å². The number of aromatic nitrogens is 1. The number of hydrogen-bond donors (Lipinski definition) is 0. The van der Waals surface area contributed by atoms with Crippen LogP contribution in [-0.2, 0) is 23.6 Å². The first kappa shape index (κ1) is 25.5. The van der Waals surface area contributed by atoms with Crippen molar-refractivity contribution in [2.75, 3.05) is 18.0 Å². The van der Waals surface area contributed by atoms with Gasteiger partial charge in [-0.3, -0.25) is 4.90 Å². The van der Waals surface area contributed by atoms with Crippen molar-refractivity contribution < 1.29 is 44.7 Å². The summed E-state index contributed by atoms with van der Waals surface area (Å²) >= 11 is 3.25. The van der Waals surface area contributed by atoms with Crippen LogP contribution in [0.5, 0.6) is 0 Å². The van der Waals surface area contributed by atoms with Crippen molar-refractivity contribution in [1.82, 2.24) is 9.88 Å². The Balaban J connectivity index is 1.61. The van der Waals surface area contributed by atoms with Gasteiger partial charge in [0, 0.05) is 10.7 Å². The van der Waals surface area contributed by atoms with E-state index in [4.69, 9.17) is 4.74 Å². The van der Waals surface area contributed by atoms with Gasteiger partial charge in [0.05, 0.1) is 36.8 Å². The minimum absolute atomic E-state index is 0.00235. The Morgan fingerprint density at radius 2 is 1.63 bits per heavy atom. The van der Waals surface area contributed by atoms with Gasteiger partial charge in [-0.1, -0.05) is 0 Å². The zero-order chi connectivity index (χ0) is 25.9. The van der Waals surface area contributed by atoms with E-state index in [-0.39, 0.29) is 18.4 Å². The molecule has 5 nitrogen and oxygen atoms in total. The van der Waals surface area contributed by atoms with Crippen molar-refractivity contribution in [1.29, 1.82) is 0 Å². The number of nitrogens with zero attached hydrogens (tertiary/aromatic N) is 3. The molecule has 0 radical (unpaired) electrons. The number of pyridine rings is 1. The van der Waals surface area contributed by atoms with Crippen molar-refractivity contribution >= 4 is 27.8 Å². The lowest BCUT2D eigenvalue weighted by atomic mass is 9.97. The number of halogens is 9. The number of anilines is 1. The minimum Gasteiger partial charge on any atom is -0.439 e. The largest absolute Gasteiger partial charge is 0.439 e. The predicted octanol–water partition coefficient (Wildman–Crippen LogP) is 6.42. The van der Waals surface area contributed by atoms with Crippen LogP contribution in [-0.4, -0.2) is 41.0 Å². The summed E-state index contributed by atoms with van der Waals surface area (Å²) < 4.78 is 111.